The SMILES string of the molecule is CC(C)CC(=O)N1CCC2=C(Cc3ccccc32)C1CC(C)C.CCCCC(=O)N1CCC2=C(Cc3ccccc32)C1CC(C)C.CCCCCC(=O)N1CCC2=C(Cc3ccccc32)C1c1ccc(C(=O)OC)cc1.CCCCCC(=O)N1CCC2=C(Cc3ccccc32)C1c1cccnc1.CCCCCCC(=O)N1CCC2=C(Cc3ccccc32)C1CC(C)C. The van der Waals surface area contributed by atoms with Gasteiger partial charge in [0.15, 0.2) is 0 Å². The highest BCUT2D eigenvalue weighted by atomic mass is 16.5. The molecule has 0 radical (unpaired) electrons. The molecule has 127 heavy (non-hydrogen) atoms. The molecule has 5 aliphatic heterocycles. The number of methoxy groups -OCH3 is 1. The number of amides is 5. The molecule has 0 spiro atoms. The summed E-state index contributed by atoms with van der Waals surface area (Å²) < 4.78 is 4.83. The fraction of sp³-hybridized carbons (Fsp3) is 0.500. The van der Waals surface area contributed by atoms with Crippen LogP contribution < -0.4 is 0 Å². The van der Waals surface area contributed by atoms with Gasteiger partial charge < -0.3 is 29.2 Å². The average molecular weight is 1710 g/mol. The highest BCUT2D eigenvalue weighted by molar-refractivity contribution is 5.91. The summed E-state index contributed by atoms with van der Waals surface area (Å²) in [6.45, 7) is 30.8. The van der Waals surface area contributed by atoms with Crippen molar-refractivity contribution in [3.8, 4) is 0 Å². The first-order valence-electron chi connectivity index (χ1n) is 49.2. The molecule has 674 valence electrons. The number of ether oxygens (including phenoxy) is 1. The summed E-state index contributed by atoms with van der Waals surface area (Å²) in [4.78, 5) is 91.5. The van der Waals surface area contributed by atoms with Crippen LogP contribution in [0.2, 0.25) is 0 Å². The van der Waals surface area contributed by atoms with Crippen LogP contribution in [0.1, 0.15) is 333 Å². The van der Waals surface area contributed by atoms with E-state index in [1.807, 2.05) is 24.4 Å². The molecule has 0 bridgehead atoms. The Morgan fingerprint density at radius 1 is 0.331 bits per heavy atom. The number of rotatable bonds is 27. The number of esters is 1. The fourth-order valence-electron chi connectivity index (χ4n) is 22.0. The largest absolute Gasteiger partial charge is 0.465 e. The second kappa shape index (κ2) is 45.3. The van der Waals surface area contributed by atoms with Gasteiger partial charge in [-0.3, -0.25) is 29.0 Å². The molecular formula is C114H146N6O7. The van der Waals surface area contributed by atoms with E-state index >= 15 is 0 Å². The molecule has 13 nitrogen and oxygen atoms in total. The molecule has 5 unspecified atom stereocenters. The number of carbonyl (C=O) groups excluding carboxylic acids is 6. The first-order chi connectivity index (χ1) is 61.6. The zero-order chi connectivity index (χ0) is 89.8. The second-order valence-corrected chi connectivity index (χ2v) is 38.9. The van der Waals surface area contributed by atoms with Gasteiger partial charge in [-0.2, -0.15) is 0 Å². The van der Waals surface area contributed by atoms with Crippen molar-refractivity contribution in [2.75, 3.05) is 39.8 Å². The average Bonchev–Trinajstić information content (AvgIpc) is 1.65. The Hall–Kier alpha value is -10.0. The van der Waals surface area contributed by atoms with Crippen molar-refractivity contribution in [2.45, 2.75) is 306 Å². The van der Waals surface area contributed by atoms with Crippen LogP contribution in [0.3, 0.4) is 0 Å². The Labute approximate surface area is 761 Å². The van der Waals surface area contributed by atoms with Crippen LogP contribution in [-0.4, -0.2) is 123 Å². The topological polar surface area (TPSA) is 141 Å². The highest BCUT2D eigenvalue weighted by Crippen LogP contribution is 2.51. The summed E-state index contributed by atoms with van der Waals surface area (Å²) in [5.41, 5.74) is 31.6. The molecule has 6 heterocycles. The van der Waals surface area contributed by atoms with E-state index in [9.17, 15) is 28.8 Å². The monoisotopic (exact) mass is 1710 g/mol. The van der Waals surface area contributed by atoms with E-state index in [0.29, 0.717) is 90.8 Å². The second-order valence-electron chi connectivity index (χ2n) is 38.9. The lowest BCUT2D eigenvalue weighted by molar-refractivity contribution is -0.134. The number of unbranched alkanes of at least 4 members (excludes halogenated alkanes) is 8. The van der Waals surface area contributed by atoms with Crippen molar-refractivity contribution in [2.24, 2.45) is 23.7 Å². The van der Waals surface area contributed by atoms with Gasteiger partial charge in [0.05, 0.1) is 42.9 Å². The molecule has 5 atom stereocenters. The summed E-state index contributed by atoms with van der Waals surface area (Å²) in [5.74, 6) is 3.50. The lowest BCUT2D eigenvalue weighted by atomic mass is 9.87. The Bertz CT molecular complexity index is 5150. The van der Waals surface area contributed by atoms with Gasteiger partial charge in [-0.25, -0.2) is 4.79 Å². The van der Waals surface area contributed by atoms with Crippen molar-refractivity contribution in [1.29, 1.82) is 0 Å². The molecule has 0 fully saturated rings. The fourth-order valence-corrected chi connectivity index (χ4v) is 22.0. The first-order valence-corrected chi connectivity index (χ1v) is 49.2. The maximum absolute atomic E-state index is 13.2. The number of benzene rings is 6. The van der Waals surface area contributed by atoms with E-state index in [4.69, 9.17) is 4.74 Å². The number of fused-ring (bicyclic) bond motifs is 10. The van der Waals surface area contributed by atoms with Gasteiger partial charge in [0.1, 0.15) is 0 Å². The number of hydrogen-bond acceptors (Lipinski definition) is 8. The number of nitrogens with zero attached hydrogens (tertiary/aromatic N) is 6. The summed E-state index contributed by atoms with van der Waals surface area (Å²) >= 11 is 0. The molecule has 5 aliphatic carbocycles. The van der Waals surface area contributed by atoms with Crippen LogP contribution in [0, 0.1) is 23.7 Å². The number of hydrogen-bond donors (Lipinski definition) is 0. The predicted octanol–water partition coefficient (Wildman–Crippen LogP) is 25.4. The van der Waals surface area contributed by atoms with Crippen LogP contribution in [0.15, 0.2) is 198 Å². The maximum Gasteiger partial charge on any atom is 0.337 e. The molecule has 10 aliphatic rings. The third kappa shape index (κ3) is 22.6. The minimum Gasteiger partial charge on any atom is -0.465 e. The third-order valence-electron chi connectivity index (χ3n) is 28.1. The third-order valence-corrected chi connectivity index (χ3v) is 28.1. The quantitative estimate of drug-likeness (QED) is 0.0366. The van der Waals surface area contributed by atoms with Crippen molar-refractivity contribution in [3.05, 3.63) is 270 Å². The molecule has 17 rings (SSSR count). The van der Waals surface area contributed by atoms with Crippen molar-refractivity contribution in [3.63, 3.8) is 0 Å². The van der Waals surface area contributed by atoms with E-state index in [1.165, 1.54) is 138 Å². The minimum absolute atomic E-state index is 0.0361. The number of pyridine rings is 1. The van der Waals surface area contributed by atoms with Crippen molar-refractivity contribution < 1.29 is 33.5 Å². The van der Waals surface area contributed by atoms with E-state index in [1.54, 1.807) is 18.3 Å². The van der Waals surface area contributed by atoms with Crippen LogP contribution >= 0.6 is 0 Å². The van der Waals surface area contributed by atoms with Crippen LogP contribution in [-0.2, 0) is 60.8 Å². The molecule has 0 saturated carbocycles. The molecular weight excluding hydrogens is 1570 g/mol. The molecule has 0 N–H and O–H groups in total. The van der Waals surface area contributed by atoms with Crippen LogP contribution in [0.5, 0.6) is 0 Å². The molecule has 13 heteroatoms. The molecule has 5 amide bonds. The molecule has 6 aromatic carbocycles. The molecule has 0 saturated heterocycles. The molecule has 7 aromatic rings. The maximum atomic E-state index is 13.2. The lowest BCUT2D eigenvalue weighted by Gasteiger charge is -2.39. The van der Waals surface area contributed by atoms with Crippen LogP contribution in [0.25, 0.3) is 27.9 Å². The van der Waals surface area contributed by atoms with Gasteiger partial charge >= 0.3 is 5.97 Å². The Morgan fingerprint density at radius 2 is 0.638 bits per heavy atom. The van der Waals surface area contributed by atoms with E-state index < -0.39 is 0 Å². The molecule has 1 aromatic heterocycles. The van der Waals surface area contributed by atoms with Crippen molar-refractivity contribution >= 4 is 63.4 Å². The van der Waals surface area contributed by atoms with E-state index in [0.717, 1.165) is 192 Å². The van der Waals surface area contributed by atoms with Gasteiger partial charge in [-0.1, -0.05) is 274 Å². The van der Waals surface area contributed by atoms with Gasteiger partial charge in [-0.05, 0) is 274 Å². The Balaban J connectivity index is 0.000000136. The zero-order valence-electron chi connectivity index (χ0n) is 79.2. The first kappa shape index (κ1) is 94.6. The highest BCUT2D eigenvalue weighted by Gasteiger charge is 2.43. The zero-order valence-corrected chi connectivity index (χ0v) is 79.2. The number of aromatic nitrogens is 1. The minimum atomic E-state index is -0.342. The smallest absolute Gasteiger partial charge is 0.337 e. The van der Waals surface area contributed by atoms with Gasteiger partial charge in [-0.15, -0.1) is 0 Å². The van der Waals surface area contributed by atoms with Gasteiger partial charge in [0.25, 0.3) is 0 Å². The Kier molecular flexibility index (Phi) is 33.7. The standard InChI is InChI=1S/C26H29NO3.C23H26N2O.C23H33NO.2C21H29NO/c1-3-4-5-10-24(28)27-16-15-22-21-9-7-6-8-20(21)17-23(22)25(27)18-11-13-19(14-12-18)26(29)30-2;1-2-3-4-11-22(26)25-14-12-20-19-10-6-5-8-17(19)15-21(20)23(25)18-9-7-13-24-16-18;1-4-5-6-7-12-23(25)24-14-13-20-19-11-9-8-10-18(19)16-21(20)22(24)15-17(2)3;1-14(2)11-20-19-13-16-7-5-6-8-17(16)18(19)9-10-22(20)21(23)12-15(3)4;1-4-5-10-21(23)22-12-11-18-17-9-7-6-8-16(17)14-19(18)20(22)13-15(2)3/h6-9,11-14,25H,3-5,10,15-17H2,1-2H3;5-10,13,16,23H,2-4,11-12,14-15H2,1H3;8-11,17,22H,4-7,12-16H2,1-3H3;5-8,14-15,20H,9-13H2,1-4H3;6-9,15,20H,4-5,10-14H2,1-3H3. The number of carbonyl (C=O) groups is 6. The van der Waals surface area contributed by atoms with Crippen molar-refractivity contribution in [1.82, 2.24) is 29.5 Å². The normalized spacial score (nSPS) is 19.1. The lowest BCUT2D eigenvalue weighted by Crippen LogP contribution is -2.45. The summed E-state index contributed by atoms with van der Waals surface area (Å²) in [5, 5.41) is 0. The van der Waals surface area contributed by atoms with Gasteiger partial charge in [0.2, 0.25) is 29.5 Å². The Morgan fingerprint density at radius 3 is 0.976 bits per heavy atom. The summed E-state index contributed by atoms with van der Waals surface area (Å²) in [7, 11) is 1.39. The van der Waals surface area contributed by atoms with E-state index in [-0.39, 0.29) is 29.9 Å². The van der Waals surface area contributed by atoms with E-state index in [2.05, 4.69) is 240 Å². The van der Waals surface area contributed by atoms with Crippen LogP contribution in [0.4, 0.5) is 0 Å². The van der Waals surface area contributed by atoms with Gasteiger partial charge in [0, 0.05) is 77.2 Å². The summed E-state index contributed by atoms with van der Waals surface area (Å²) in [6.07, 6.45) is 33.4. The summed E-state index contributed by atoms with van der Waals surface area (Å²) in [6, 6.07) is 56.2. The predicted molar refractivity (Wildman–Crippen MR) is 520 cm³/mol.